The van der Waals surface area contributed by atoms with Gasteiger partial charge < -0.3 is 0 Å². The van der Waals surface area contributed by atoms with Gasteiger partial charge in [-0.1, -0.05) is 48.5 Å². The largest absolute Gasteiger partial charge is 0.139 e. The monoisotopic (exact) mass is 600 g/mol. The summed E-state index contributed by atoms with van der Waals surface area (Å²) in [7, 11) is 0. The van der Waals surface area contributed by atoms with Gasteiger partial charge in [0.05, 0.1) is 15.2 Å². The lowest BCUT2D eigenvalue weighted by molar-refractivity contribution is 0.697. The highest BCUT2D eigenvalue weighted by atomic mass is 32.1. The van der Waals surface area contributed by atoms with Crippen LogP contribution in [0.25, 0.3) is 40.4 Å². The van der Waals surface area contributed by atoms with Gasteiger partial charge in [0.1, 0.15) is 0 Å². The van der Waals surface area contributed by atoms with E-state index < -0.39 is 0 Å². The molecule has 0 unspecified atom stereocenters. The van der Waals surface area contributed by atoms with Gasteiger partial charge in [0.2, 0.25) is 0 Å². The minimum Gasteiger partial charge on any atom is -0.139 e. The van der Waals surface area contributed by atoms with Crippen molar-refractivity contribution in [2.24, 2.45) is 0 Å². The maximum Gasteiger partial charge on any atom is 0.0742 e. The number of thiophene rings is 4. The van der Waals surface area contributed by atoms with Crippen molar-refractivity contribution >= 4 is 45.3 Å². The van der Waals surface area contributed by atoms with Crippen molar-refractivity contribution in [3.05, 3.63) is 116 Å². The molecule has 6 aromatic rings. The molecule has 0 fully saturated rings. The van der Waals surface area contributed by atoms with Crippen LogP contribution in [-0.4, -0.2) is 0 Å². The number of benzene rings is 2. The van der Waals surface area contributed by atoms with E-state index in [1.807, 2.05) is 0 Å². The van der Waals surface area contributed by atoms with E-state index in [1.54, 1.807) is 20.9 Å². The number of aryl methyl sites for hydroxylation is 4. The molecule has 1 spiro atoms. The van der Waals surface area contributed by atoms with Crippen molar-refractivity contribution in [3.8, 4) is 40.4 Å². The fraction of sp³-hybridized carbons (Fsp3) is 0.243. The first-order chi connectivity index (χ1) is 20.3. The summed E-state index contributed by atoms with van der Waals surface area (Å²) in [6, 6.07) is 28.7. The lowest BCUT2D eigenvalue weighted by atomic mass is 9.71. The molecule has 0 nitrogen and oxygen atoms in total. The minimum absolute atomic E-state index is 0.227. The van der Waals surface area contributed by atoms with Gasteiger partial charge in [-0.05, 0) is 120 Å². The molecule has 4 aliphatic rings. The van der Waals surface area contributed by atoms with Crippen LogP contribution in [0.4, 0.5) is 0 Å². The van der Waals surface area contributed by atoms with Gasteiger partial charge in [-0.25, -0.2) is 0 Å². The topological polar surface area (TPSA) is 0 Å². The SMILES string of the molecule is c1ccc2c(c1)-c1ccccc1C21c2cc(-c3cc4c(s3)CCCC4)sc2-c2sc(-c3cc4c(s3)CCCC4)cc21. The van der Waals surface area contributed by atoms with Crippen molar-refractivity contribution in [3.63, 3.8) is 0 Å². The molecule has 0 saturated heterocycles. The van der Waals surface area contributed by atoms with Crippen LogP contribution in [0.2, 0.25) is 0 Å². The van der Waals surface area contributed by atoms with Crippen LogP contribution in [0.3, 0.4) is 0 Å². The standard InChI is InChI=1S/C37H28S4/c1-7-15-29-21(9-1)17-31(38-29)33-19-27-35(40-33)36-28(20-34(41-36)32-18-22-10-2-8-16-30(22)39-32)37(27)25-13-5-3-11-23(25)24-12-4-6-14-26(24)37/h3-6,11-14,17-20H,1-2,7-10,15-16H2. The maximum absolute atomic E-state index is 2.59. The second-order valence-electron chi connectivity index (χ2n) is 12.1. The highest BCUT2D eigenvalue weighted by molar-refractivity contribution is 7.29. The number of rotatable bonds is 2. The molecule has 4 aliphatic carbocycles. The molecule has 0 atom stereocenters. The van der Waals surface area contributed by atoms with Crippen molar-refractivity contribution < 1.29 is 0 Å². The molecule has 0 radical (unpaired) electrons. The van der Waals surface area contributed by atoms with E-state index in [0.717, 1.165) is 0 Å². The van der Waals surface area contributed by atoms with E-state index in [9.17, 15) is 0 Å². The van der Waals surface area contributed by atoms with Crippen LogP contribution in [0.1, 0.15) is 68.8 Å². The molecule has 4 heterocycles. The third-order valence-electron chi connectivity index (χ3n) is 9.91. The zero-order valence-electron chi connectivity index (χ0n) is 22.7. The van der Waals surface area contributed by atoms with Crippen LogP contribution in [0, 0.1) is 0 Å². The summed E-state index contributed by atoms with van der Waals surface area (Å²) in [5, 5.41) is 0. The Bertz CT molecular complexity index is 1830. The van der Waals surface area contributed by atoms with E-state index in [1.165, 1.54) is 114 Å². The van der Waals surface area contributed by atoms with Crippen LogP contribution >= 0.6 is 45.3 Å². The van der Waals surface area contributed by atoms with Gasteiger partial charge in [0, 0.05) is 29.3 Å². The highest BCUT2D eigenvalue weighted by Gasteiger charge is 2.53. The van der Waals surface area contributed by atoms with Crippen LogP contribution in [-0.2, 0) is 31.1 Å². The predicted molar refractivity (Wildman–Crippen MR) is 178 cm³/mol. The smallest absolute Gasteiger partial charge is 0.0742 e. The molecule has 0 aliphatic heterocycles. The molecule has 0 N–H and O–H groups in total. The van der Waals surface area contributed by atoms with E-state index in [0.29, 0.717) is 0 Å². The first-order valence-electron chi connectivity index (χ1n) is 15.0. The average Bonchev–Trinajstić information content (AvgIpc) is 3.84. The Morgan fingerprint density at radius 3 is 1.37 bits per heavy atom. The van der Waals surface area contributed by atoms with E-state index in [-0.39, 0.29) is 5.41 Å². The van der Waals surface area contributed by atoms with Crippen molar-refractivity contribution in [1.82, 2.24) is 0 Å². The second kappa shape index (κ2) is 8.64. The lowest BCUT2D eigenvalue weighted by Gasteiger charge is -2.29. The van der Waals surface area contributed by atoms with E-state index in [4.69, 9.17) is 0 Å². The molecule has 0 saturated carbocycles. The van der Waals surface area contributed by atoms with Gasteiger partial charge in [-0.3, -0.25) is 0 Å². The second-order valence-corrected chi connectivity index (χ2v) is 16.5. The Kier molecular flexibility index (Phi) is 5.01. The Hall–Kier alpha value is -2.76. The Morgan fingerprint density at radius 2 is 0.878 bits per heavy atom. The summed E-state index contributed by atoms with van der Waals surface area (Å²) in [6.07, 6.45) is 10.4. The third-order valence-corrected chi connectivity index (χ3v) is 15.2. The Morgan fingerprint density at radius 1 is 0.439 bits per heavy atom. The average molecular weight is 601 g/mol. The van der Waals surface area contributed by atoms with Gasteiger partial charge in [0.25, 0.3) is 0 Å². The van der Waals surface area contributed by atoms with Crippen LogP contribution in [0.5, 0.6) is 0 Å². The molecule has 4 heteroatoms. The Balaban J connectivity index is 1.24. The Labute approximate surface area is 257 Å². The summed E-state index contributed by atoms with van der Waals surface area (Å²) in [6.45, 7) is 0. The summed E-state index contributed by atoms with van der Waals surface area (Å²) >= 11 is 8.23. The van der Waals surface area contributed by atoms with Crippen LogP contribution in [0.15, 0.2) is 72.8 Å². The molecule has 4 aromatic heterocycles. The third kappa shape index (κ3) is 3.15. The van der Waals surface area contributed by atoms with Gasteiger partial charge in [-0.2, -0.15) is 0 Å². The van der Waals surface area contributed by atoms with Crippen LogP contribution < -0.4 is 0 Å². The normalized spacial score (nSPS) is 17.2. The predicted octanol–water partition coefficient (Wildman–Crippen LogP) is 11.4. The van der Waals surface area contributed by atoms with Crippen molar-refractivity contribution in [1.29, 1.82) is 0 Å². The summed E-state index contributed by atoms with van der Waals surface area (Å²) in [5.74, 6) is 0. The first kappa shape index (κ1) is 23.8. The minimum atomic E-state index is -0.227. The van der Waals surface area contributed by atoms with Gasteiger partial charge >= 0.3 is 0 Å². The van der Waals surface area contributed by atoms with E-state index >= 15 is 0 Å². The molecule has 0 amide bonds. The molecular formula is C37H28S4. The molecule has 0 bridgehead atoms. The molecule has 200 valence electrons. The quantitative estimate of drug-likeness (QED) is 0.185. The van der Waals surface area contributed by atoms with Gasteiger partial charge in [-0.15, -0.1) is 45.3 Å². The fourth-order valence-electron chi connectivity index (χ4n) is 8.10. The van der Waals surface area contributed by atoms with Crippen molar-refractivity contribution in [2.45, 2.75) is 56.8 Å². The molecule has 10 rings (SSSR count). The summed E-state index contributed by atoms with van der Waals surface area (Å²) < 4.78 is 0. The molecule has 41 heavy (non-hydrogen) atoms. The number of hydrogen-bond acceptors (Lipinski definition) is 4. The van der Waals surface area contributed by atoms with Crippen molar-refractivity contribution in [2.75, 3.05) is 0 Å². The molecule has 2 aromatic carbocycles. The van der Waals surface area contributed by atoms with E-state index in [2.05, 4.69) is 118 Å². The first-order valence-corrected chi connectivity index (χ1v) is 18.3. The highest BCUT2D eigenvalue weighted by Crippen LogP contribution is 2.67. The summed E-state index contributed by atoms with van der Waals surface area (Å²) in [4.78, 5) is 12.2. The lowest BCUT2D eigenvalue weighted by Crippen LogP contribution is -2.25. The molecular weight excluding hydrogens is 573 g/mol. The zero-order chi connectivity index (χ0) is 26.7. The number of hydrogen-bond donors (Lipinski definition) is 0. The zero-order valence-corrected chi connectivity index (χ0v) is 26.0. The van der Waals surface area contributed by atoms with Gasteiger partial charge in [0.15, 0.2) is 0 Å². The summed E-state index contributed by atoms with van der Waals surface area (Å²) in [5.41, 5.74) is 11.8. The number of fused-ring (bicyclic) bond motifs is 12. The fourth-order valence-corrected chi connectivity index (χ4v) is 13.3. The maximum atomic E-state index is 2.59.